The fourth-order valence-electron chi connectivity index (χ4n) is 1.43. The van der Waals surface area contributed by atoms with E-state index in [2.05, 4.69) is 23.3 Å². The lowest BCUT2D eigenvalue weighted by Crippen LogP contribution is -2.28. The summed E-state index contributed by atoms with van der Waals surface area (Å²) in [6.45, 7) is 3.79. The maximum Gasteiger partial charge on any atom is 0.397 e. The van der Waals surface area contributed by atoms with Gasteiger partial charge in [0.25, 0.3) is 5.91 Å². The highest BCUT2D eigenvalue weighted by atomic mass is 32.3. The molecule has 6 nitrogen and oxygen atoms in total. The molecule has 1 rings (SSSR count). The third-order valence-corrected chi connectivity index (χ3v) is 2.92. The standard InChI is InChI=1S/C12H17NO5S/c1-9(2)10-3-5-11(6-4-10)12(14)13-7-8-18-19(15,16)17/h3-6,9H,7-8H2,1-2H3,(H,13,14)(H,15,16,17). The number of hydrogen-bond donors (Lipinski definition) is 2. The summed E-state index contributed by atoms with van der Waals surface area (Å²) in [6, 6.07) is 7.14. The van der Waals surface area contributed by atoms with E-state index in [1.807, 2.05) is 12.1 Å². The lowest BCUT2D eigenvalue weighted by molar-refractivity contribution is 0.0945. The van der Waals surface area contributed by atoms with Gasteiger partial charge >= 0.3 is 10.4 Å². The van der Waals surface area contributed by atoms with E-state index in [9.17, 15) is 13.2 Å². The zero-order valence-electron chi connectivity index (χ0n) is 10.8. The summed E-state index contributed by atoms with van der Waals surface area (Å²) < 4.78 is 32.9. The summed E-state index contributed by atoms with van der Waals surface area (Å²) in [6.07, 6.45) is 0. The molecule has 0 saturated carbocycles. The number of benzene rings is 1. The molecule has 0 bridgehead atoms. The van der Waals surface area contributed by atoms with Crippen molar-refractivity contribution >= 4 is 16.3 Å². The molecule has 0 atom stereocenters. The summed E-state index contributed by atoms with van der Waals surface area (Å²) in [5.74, 6) is 0.0644. The zero-order chi connectivity index (χ0) is 14.5. The zero-order valence-corrected chi connectivity index (χ0v) is 11.6. The Morgan fingerprint density at radius 3 is 2.37 bits per heavy atom. The van der Waals surface area contributed by atoms with Crippen LogP contribution in [0.5, 0.6) is 0 Å². The predicted molar refractivity (Wildman–Crippen MR) is 70.4 cm³/mol. The number of carbonyl (C=O) groups is 1. The average Bonchev–Trinajstić information content (AvgIpc) is 2.33. The van der Waals surface area contributed by atoms with Gasteiger partial charge in [-0.1, -0.05) is 26.0 Å². The smallest absolute Gasteiger partial charge is 0.350 e. The number of carbonyl (C=O) groups excluding carboxylic acids is 1. The quantitative estimate of drug-likeness (QED) is 0.608. The molecule has 0 heterocycles. The molecule has 0 saturated heterocycles. The van der Waals surface area contributed by atoms with Crippen LogP contribution in [0.15, 0.2) is 24.3 Å². The van der Waals surface area contributed by atoms with Crippen molar-refractivity contribution in [2.45, 2.75) is 19.8 Å². The first-order chi connectivity index (χ1) is 8.79. The minimum atomic E-state index is -4.45. The van der Waals surface area contributed by atoms with E-state index >= 15 is 0 Å². The Kier molecular flexibility index (Phi) is 5.46. The first kappa shape index (κ1) is 15.6. The van der Waals surface area contributed by atoms with Gasteiger partial charge < -0.3 is 5.32 Å². The monoisotopic (exact) mass is 287 g/mol. The number of hydrogen-bond acceptors (Lipinski definition) is 4. The van der Waals surface area contributed by atoms with Crippen molar-refractivity contribution in [1.82, 2.24) is 5.32 Å². The van der Waals surface area contributed by atoms with E-state index in [0.29, 0.717) is 11.5 Å². The molecule has 0 unspecified atom stereocenters. The van der Waals surface area contributed by atoms with Gasteiger partial charge in [-0.3, -0.25) is 9.35 Å². The van der Waals surface area contributed by atoms with Crippen molar-refractivity contribution in [1.29, 1.82) is 0 Å². The summed E-state index contributed by atoms with van der Waals surface area (Å²) >= 11 is 0. The molecular weight excluding hydrogens is 270 g/mol. The lowest BCUT2D eigenvalue weighted by atomic mass is 10.0. The Morgan fingerprint density at radius 2 is 1.89 bits per heavy atom. The molecule has 0 aliphatic heterocycles. The molecule has 0 fully saturated rings. The molecule has 1 aromatic carbocycles. The maximum atomic E-state index is 11.7. The Balaban J connectivity index is 2.45. The fourth-order valence-corrected chi connectivity index (χ4v) is 1.73. The Morgan fingerprint density at radius 1 is 1.32 bits per heavy atom. The van der Waals surface area contributed by atoms with E-state index in [1.165, 1.54) is 0 Å². The van der Waals surface area contributed by atoms with E-state index in [-0.39, 0.29) is 19.1 Å². The third kappa shape index (κ3) is 5.82. The number of rotatable bonds is 6. The molecule has 0 radical (unpaired) electrons. The van der Waals surface area contributed by atoms with Crippen molar-refractivity contribution in [2.24, 2.45) is 0 Å². The molecule has 0 spiro atoms. The van der Waals surface area contributed by atoms with Crippen LogP contribution in [0.3, 0.4) is 0 Å². The van der Waals surface area contributed by atoms with Crippen LogP contribution < -0.4 is 5.32 Å². The Hall–Kier alpha value is -1.44. The summed E-state index contributed by atoms with van der Waals surface area (Å²) in [5, 5.41) is 2.48. The van der Waals surface area contributed by atoms with Crippen molar-refractivity contribution in [3.05, 3.63) is 35.4 Å². The van der Waals surface area contributed by atoms with Gasteiger partial charge in [-0.2, -0.15) is 8.42 Å². The number of amides is 1. The molecule has 0 aliphatic carbocycles. The van der Waals surface area contributed by atoms with E-state index in [1.54, 1.807) is 12.1 Å². The SMILES string of the molecule is CC(C)c1ccc(C(=O)NCCOS(=O)(=O)O)cc1. The Bertz CT molecular complexity index is 522. The van der Waals surface area contributed by atoms with Gasteiger partial charge in [0.2, 0.25) is 0 Å². The molecule has 0 aliphatic rings. The fraction of sp³-hybridized carbons (Fsp3) is 0.417. The third-order valence-electron chi connectivity index (χ3n) is 2.46. The molecule has 7 heteroatoms. The van der Waals surface area contributed by atoms with Crippen LogP contribution in [0.4, 0.5) is 0 Å². The van der Waals surface area contributed by atoms with E-state index in [4.69, 9.17) is 4.55 Å². The maximum absolute atomic E-state index is 11.7. The molecule has 19 heavy (non-hydrogen) atoms. The second-order valence-corrected chi connectivity index (χ2v) is 5.37. The van der Waals surface area contributed by atoms with E-state index in [0.717, 1.165) is 5.56 Å². The summed E-state index contributed by atoms with van der Waals surface area (Å²) in [4.78, 5) is 11.7. The van der Waals surface area contributed by atoms with Gasteiger partial charge in [0.1, 0.15) is 0 Å². The van der Waals surface area contributed by atoms with Crippen molar-refractivity contribution in [3.8, 4) is 0 Å². The second-order valence-electron chi connectivity index (χ2n) is 4.28. The van der Waals surface area contributed by atoms with Crippen LogP contribution in [0.25, 0.3) is 0 Å². The lowest BCUT2D eigenvalue weighted by Gasteiger charge is -2.07. The molecule has 1 amide bonds. The van der Waals surface area contributed by atoms with Crippen LogP contribution in [0.2, 0.25) is 0 Å². The van der Waals surface area contributed by atoms with Gasteiger partial charge in [-0.25, -0.2) is 4.18 Å². The molecule has 2 N–H and O–H groups in total. The van der Waals surface area contributed by atoms with Crippen LogP contribution in [0.1, 0.15) is 35.7 Å². The highest BCUT2D eigenvalue weighted by molar-refractivity contribution is 7.80. The van der Waals surface area contributed by atoms with Gasteiger partial charge in [-0.15, -0.1) is 0 Å². The first-order valence-corrected chi connectivity index (χ1v) is 7.16. The summed E-state index contributed by atoms with van der Waals surface area (Å²) in [7, 11) is -4.45. The molecule has 106 valence electrons. The van der Waals surface area contributed by atoms with Crippen molar-refractivity contribution in [2.75, 3.05) is 13.2 Å². The minimum absolute atomic E-state index is 0.00937. The minimum Gasteiger partial charge on any atom is -0.350 e. The van der Waals surface area contributed by atoms with Crippen molar-refractivity contribution in [3.63, 3.8) is 0 Å². The van der Waals surface area contributed by atoms with Crippen LogP contribution in [0, 0.1) is 0 Å². The van der Waals surface area contributed by atoms with Gasteiger partial charge in [0.05, 0.1) is 6.61 Å². The molecule has 0 aromatic heterocycles. The van der Waals surface area contributed by atoms with Gasteiger partial charge in [0, 0.05) is 12.1 Å². The van der Waals surface area contributed by atoms with Crippen LogP contribution in [-0.2, 0) is 14.6 Å². The normalized spacial score (nSPS) is 11.6. The highest BCUT2D eigenvalue weighted by Crippen LogP contribution is 2.14. The predicted octanol–water partition coefficient (Wildman–Crippen LogP) is 1.36. The van der Waals surface area contributed by atoms with E-state index < -0.39 is 10.4 Å². The Labute approximate surface area is 112 Å². The second kappa shape index (κ2) is 6.65. The van der Waals surface area contributed by atoms with Gasteiger partial charge in [0.15, 0.2) is 0 Å². The van der Waals surface area contributed by atoms with Crippen LogP contribution in [-0.4, -0.2) is 32.0 Å². The summed E-state index contributed by atoms with van der Waals surface area (Å²) in [5.41, 5.74) is 1.61. The highest BCUT2D eigenvalue weighted by Gasteiger charge is 2.07. The average molecular weight is 287 g/mol. The van der Waals surface area contributed by atoms with Crippen molar-refractivity contribution < 1.29 is 21.9 Å². The molecule has 1 aromatic rings. The van der Waals surface area contributed by atoms with Crippen LogP contribution >= 0.6 is 0 Å². The van der Waals surface area contributed by atoms with Gasteiger partial charge in [-0.05, 0) is 23.6 Å². The largest absolute Gasteiger partial charge is 0.397 e. The molecular formula is C12H17NO5S. The first-order valence-electron chi connectivity index (χ1n) is 5.79. The number of nitrogens with one attached hydrogen (secondary N) is 1. The topological polar surface area (TPSA) is 92.7 Å².